The Morgan fingerprint density at radius 1 is 1.33 bits per heavy atom. The summed E-state index contributed by atoms with van der Waals surface area (Å²) in [7, 11) is 0. The van der Waals surface area contributed by atoms with Gasteiger partial charge in [0, 0.05) is 25.1 Å². The highest BCUT2D eigenvalue weighted by Crippen LogP contribution is 2.37. The van der Waals surface area contributed by atoms with E-state index in [0.717, 1.165) is 5.69 Å². The molecule has 2 aromatic heterocycles. The van der Waals surface area contributed by atoms with Crippen LogP contribution in [0.2, 0.25) is 0 Å². The lowest BCUT2D eigenvalue weighted by molar-refractivity contribution is -0.127. The van der Waals surface area contributed by atoms with Crippen LogP contribution in [0.5, 0.6) is 0 Å². The molecule has 1 aliphatic carbocycles. The lowest BCUT2D eigenvalue weighted by atomic mass is 9.94. The van der Waals surface area contributed by atoms with E-state index in [1.807, 2.05) is 18.2 Å². The van der Waals surface area contributed by atoms with Gasteiger partial charge in [-0.25, -0.2) is 9.37 Å². The standard InChI is InChI=1S/C18H16Cl2FN5O/c1-10-8-11(15(19)16(20)17(10)21)18(27)25-7-5-13-12(9-25)23-24-26(13)14-4-2-3-6-22-14/h2-4,6,8,10,17H,5,7,9H2,1H3. The summed E-state index contributed by atoms with van der Waals surface area (Å²) in [6, 6.07) is 5.55. The predicted molar refractivity (Wildman–Crippen MR) is 99.2 cm³/mol. The van der Waals surface area contributed by atoms with Crippen molar-refractivity contribution in [1.29, 1.82) is 0 Å². The zero-order valence-electron chi connectivity index (χ0n) is 14.4. The zero-order valence-corrected chi connectivity index (χ0v) is 16.0. The van der Waals surface area contributed by atoms with E-state index in [2.05, 4.69) is 15.3 Å². The molecule has 0 saturated heterocycles. The predicted octanol–water partition coefficient (Wildman–Crippen LogP) is 3.15. The first-order chi connectivity index (χ1) is 13.0. The maximum atomic E-state index is 14.0. The Hall–Kier alpha value is -2.25. The number of hydrogen-bond donors (Lipinski definition) is 0. The van der Waals surface area contributed by atoms with Crippen LogP contribution in [-0.2, 0) is 17.8 Å². The molecule has 0 saturated carbocycles. The third kappa shape index (κ3) is 3.15. The number of allylic oxidation sites excluding steroid dienone is 2. The molecule has 0 fully saturated rings. The van der Waals surface area contributed by atoms with Crippen molar-refractivity contribution in [3.05, 3.63) is 57.5 Å². The number of aromatic nitrogens is 4. The van der Waals surface area contributed by atoms with Crippen molar-refractivity contribution in [3.63, 3.8) is 0 Å². The molecular weight excluding hydrogens is 392 g/mol. The second kappa shape index (κ2) is 7.05. The van der Waals surface area contributed by atoms with E-state index in [-0.39, 0.29) is 21.5 Å². The molecule has 27 heavy (non-hydrogen) atoms. The number of halogens is 3. The summed E-state index contributed by atoms with van der Waals surface area (Å²) < 4.78 is 15.7. The van der Waals surface area contributed by atoms with Crippen LogP contribution < -0.4 is 0 Å². The lowest BCUT2D eigenvalue weighted by Gasteiger charge is -2.29. The molecule has 0 aromatic carbocycles. The fourth-order valence-corrected chi connectivity index (χ4v) is 3.83. The van der Waals surface area contributed by atoms with Crippen LogP contribution in [0.15, 0.2) is 46.1 Å². The Bertz CT molecular complexity index is 956. The van der Waals surface area contributed by atoms with Gasteiger partial charge < -0.3 is 4.90 Å². The topological polar surface area (TPSA) is 63.9 Å². The average molecular weight is 408 g/mol. The smallest absolute Gasteiger partial charge is 0.255 e. The summed E-state index contributed by atoms with van der Waals surface area (Å²) in [5.74, 6) is -0.110. The van der Waals surface area contributed by atoms with Crippen LogP contribution in [0.1, 0.15) is 18.3 Å². The molecule has 1 amide bonds. The van der Waals surface area contributed by atoms with Gasteiger partial charge in [-0.15, -0.1) is 5.10 Å². The van der Waals surface area contributed by atoms with Crippen LogP contribution >= 0.6 is 23.2 Å². The number of hydrogen-bond acceptors (Lipinski definition) is 4. The minimum atomic E-state index is -1.39. The molecule has 140 valence electrons. The van der Waals surface area contributed by atoms with Gasteiger partial charge in [0.05, 0.1) is 27.9 Å². The maximum Gasteiger partial charge on any atom is 0.255 e. The zero-order chi connectivity index (χ0) is 19.1. The number of alkyl halides is 1. The van der Waals surface area contributed by atoms with Gasteiger partial charge in [-0.05, 0) is 12.1 Å². The third-order valence-corrected chi connectivity index (χ3v) is 5.67. The van der Waals surface area contributed by atoms with Crippen LogP contribution in [0.4, 0.5) is 4.39 Å². The highest BCUT2D eigenvalue weighted by molar-refractivity contribution is 6.43. The monoisotopic (exact) mass is 407 g/mol. The van der Waals surface area contributed by atoms with Crippen molar-refractivity contribution in [1.82, 2.24) is 24.9 Å². The molecule has 2 aromatic rings. The summed E-state index contributed by atoms with van der Waals surface area (Å²) in [6.45, 7) is 2.43. The van der Waals surface area contributed by atoms with E-state index < -0.39 is 12.1 Å². The molecule has 1 aliphatic heterocycles. The maximum absolute atomic E-state index is 14.0. The fraction of sp³-hybridized carbons (Fsp3) is 0.333. The summed E-state index contributed by atoms with van der Waals surface area (Å²) in [6.07, 6.45) is 2.42. The molecule has 2 aliphatic rings. The molecule has 0 spiro atoms. The van der Waals surface area contributed by atoms with Crippen LogP contribution in [0, 0.1) is 5.92 Å². The first-order valence-electron chi connectivity index (χ1n) is 8.53. The Balaban J connectivity index is 1.58. The summed E-state index contributed by atoms with van der Waals surface area (Å²) in [5.41, 5.74) is 1.87. The van der Waals surface area contributed by atoms with Crippen molar-refractivity contribution in [3.8, 4) is 5.82 Å². The van der Waals surface area contributed by atoms with Gasteiger partial charge in [0.25, 0.3) is 5.91 Å². The number of rotatable bonds is 2. The van der Waals surface area contributed by atoms with Gasteiger partial charge in [0.15, 0.2) is 5.82 Å². The summed E-state index contributed by atoms with van der Waals surface area (Å²) in [5, 5.41) is 8.23. The molecule has 2 atom stereocenters. The van der Waals surface area contributed by atoms with Crippen molar-refractivity contribution in [2.45, 2.75) is 26.1 Å². The molecule has 2 unspecified atom stereocenters. The molecule has 0 N–H and O–H groups in total. The SMILES string of the molecule is CC1C=C(C(=O)N2CCc3c(nnn3-c3ccccn3)C2)C(Cl)=C(Cl)C1F. The minimum Gasteiger partial charge on any atom is -0.332 e. The number of pyridine rings is 1. The van der Waals surface area contributed by atoms with E-state index >= 15 is 0 Å². The van der Waals surface area contributed by atoms with E-state index in [9.17, 15) is 9.18 Å². The Kier molecular flexibility index (Phi) is 4.74. The molecule has 6 nitrogen and oxygen atoms in total. The highest BCUT2D eigenvalue weighted by atomic mass is 35.5. The molecule has 0 bridgehead atoms. The third-order valence-electron chi connectivity index (χ3n) is 4.77. The van der Waals surface area contributed by atoms with Crippen molar-refractivity contribution in [2.75, 3.05) is 6.54 Å². The van der Waals surface area contributed by atoms with Crippen molar-refractivity contribution >= 4 is 29.1 Å². The number of nitrogens with zero attached hydrogens (tertiary/aromatic N) is 5. The second-order valence-corrected chi connectivity index (χ2v) is 7.35. The molecule has 3 heterocycles. The van der Waals surface area contributed by atoms with Gasteiger partial charge in [-0.2, -0.15) is 4.68 Å². The first-order valence-corrected chi connectivity index (χ1v) is 9.28. The Morgan fingerprint density at radius 2 is 2.15 bits per heavy atom. The van der Waals surface area contributed by atoms with E-state index in [0.29, 0.717) is 31.0 Å². The van der Waals surface area contributed by atoms with Gasteiger partial charge in [-0.1, -0.05) is 47.5 Å². The van der Waals surface area contributed by atoms with E-state index in [1.165, 1.54) is 0 Å². The quantitative estimate of drug-likeness (QED) is 0.766. The summed E-state index contributed by atoms with van der Waals surface area (Å²) in [4.78, 5) is 18.9. The van der Waals surface area contributed by atoms with Gasteiger partial charge >= 0.3 is 0 Å². The van der Waals surface area contributed by atoms with Gasteiger partial charge in [-0.3, -0.25) is 4.79 Å². The van der Waals surface area contributed by atoms with E-state index in [1.54, 1.807) is 28.8 Å². The summed E-state index contributed by atoms with van der Waals surface area (Å²) >= 11 is 12.1. The molecule has 9 heteroatoms. The molecule has 0 radical (unpaired) electrons. The molecule has 4 rings (SSSR count). The lowest BCUT2D eigenvalue weighted by Crippen LogP contribution is -2.38. The first kappa shape index (κ1) is 18.1. The number of amides is 1. The van der Waals surface area contributed by atoms with E-state index in [4.69, 9.17) is 23.2 Å². The number of carbonyl (C=O) groups is 1. The minimum absolute atomic E-state index is 0.0183. The Morgan fingerprint density at radius 3 is 2.89 bits per heavy atom. The Labute approximate surface area is 165 Å². The second-order valence-electron chi connectivity index (χ2n) is 6.56. The van der Waals surface area contributed by atoms with Crippen molar-refractivity contribution in [2.24, 2.45) is 5.92 Å². The fourth-order valence-electron chi connectivity index (χ4n) is 3.28. The van der Waals surface area contributed by atoms with Crippen molar-refractivity contribution < 1.29 is 9.18 Å². The van der Waals surface area contributed by atoms with Crippen LogP contribution in [0.25, 0.3) is 5.82 Å². The molecular formula is C18H16Cl2FN5O. The van der Waals surface area contributed by atoms with Gasteiger partial charge in [0.1, 0.15) is 11.9 Å². The highest BCUT2D eigenvalue weighted by Gasteiger charge is 2.34. The largest absolute Gasteiger partial charge is 0.332 e. The number of fused-ring (bicyclic) bond motifs is 1. The van der Waals surface area contributed by atoms with Crippen LogP contribution in [0.3, 0.4) is 0 Å². The number of carbonyl (C=O) groups excluding carboxylic acids is 1. The van der Waals surface area contributed by atoms with Gasteiger partial charge in [0.2, 0.25) is 0 Å². The normalized spacial score (nSPS) is 22.5. The van der Waals surface area contributed by atoms with Crippen LogP contribution in [-0.4, -0.2) is 43.5 Å². The average Bonchev–Trinajstić information content (AvgIpc) is 3.12.